The first-order valence-corrected chi connectivity index (χ1v) is 5.88. The maximum atomic E-state index is 11.0. The Kier molecular flexibility index (Phi) is 2.76. The van der Waals surface area contributed by atoms with Crippen LogP contribution in [0.5, 0.6) is 5.75 Å². The predicted molar refractivity (Wildman–Crippen MR) is 63.8 cm³/mol. The molecule has 94 valence electrons. The Morgan fingerprint density at radius 3 is 2.94 bits per heavy atom. The van der Waals surface area contributed by atoms with Crippen molar-refractivity contribution in [3.05, 3.63) is 23.8 Å². The van der Waals surface area contributed by atoms with Gasteiger partial charge in [0, 0.05) is 12.0 Å². The van der Waals surface area contributed by atoms with E-state index in [4.69, 9.17) is 9.47 Å². The zero-order chi connectivity index (χ0) is 12.5. The van der Waals surface area contributed by atoms with Crippen LogP contribution in [0.3, 0.4) is 0 Å². The molecule has 1 amide bonds. The summed E-state index contributed by atoms with van der Waals surface area (Å²) in [5.74, 6) is 0.735. The lowest BCUT2D eigenvalue weighted by atomic mass is 10.1. The normalized spacial score (nSPS) is 24.6. The molecule has 0 aromatic heterocycles. The molecule has 0 N–H and O–H groups in total. The SMILES string of the molecule is O=CC1Cc2c(OCC3CO3)cccc2N1C=O. The first-order valence-electron chi connectivity index (χ1n) is 5.88. The number of benzene rings is 1. The monoisotopic (exact) mass is 247 g/mol. The van der Waals surface area contributed by atoms with Gasteiger partial charge in [0.15, 0.2) is 0 Å². The summed E-state index contributed by atoms with van der Waals surface area (Å²) in [6, 6.07) is 5.09. The highest BCUT2D eigenvalue weighted by Gasteiger charge is 2.31. The molecule has 1 aromatic rings. The van der Waals surface area contributed by atoms with Gasteiger partial charge in [0.1, 0.15) is 24.7 Å². The molecule has 2 unspecified atom stereocenters. The molecule has 0 bridgehead atoms. The Balaban J connectivity index is 1.87. The number of carbonyl (C=O) groups excluding carboxylic acids is 2. The summed E-state index contributed by atoms with van der Waals surface area (Å²) < 4.78 is 10.8. The molecular formula is C13H13NO4. The highest BCUT2D eigenvalue weighted by molar-refractivity contribution is 5.88. The molecule has 1 saturated heterocycles. The van der Waals surface area contributed by atoms with Gasteiger partial charge in [-0.15, -0.1) is 0 Å². The molecule has 5 nitrogen and oxygen atoms in total. The first-order chi connectivity index (χ1) is 8.83. The minimum atomic E-state index is -0.417. The second kappa shape index (κ2) is 4.42. The van der Waals surface area contributed by atoms with E-state index in [1.807, 2.05) is 18.2 Å². The maximum absolute atomic E-state index is 11.0. The number of aldehydes is 1. The molecule has 1 aromatic carbocycles. The largest absolute Gasteiger partial charge is 0.490 e. The lowest BCUT2D eigenvalue weighted by molar-refractivity contribution is -0.112. The van der Waals surface area contributed by atoms with Crippen LogP contribution in [-0.2, 0) is 20.7 Å². The topological polar surface area (TPSA) is 59.1 Å². The van der Waals surface area contributed by atoms with Crippen molar-refractivity contribution in [3.63, 3.8) is 0 Å². The van der Waals surface area contributed by atoms with Gasteiger partial charge in [0.25, 0.3) is 0 Å². The van der Waals surface area contributed by atoms with Crippen molar-refractivity contribution in [2.45, 2.75) is 18.6 Å². The minimum Gasteiger partial charge on any atom is -0.490 e. The predicted octanol–water partition coefficient (Wildman–Crippen LogP) is 0.551. The van der Waals surface area contributed by atoms with Gasteiger partial charge in [0.2, 0.25) is 6.41 Å². The van der Waals surface area contributed by atoms with Gasteiger partial charge in [-0.1, -0.05) is 6.07 Å². The Bertz CT molecular complexity index is 484. The molecule has 0 aliphatic carbocycles. The third kappa shape index (κ3) is 1.86. The summed E-state index contributed by atoms with van der Waals surface area (Å²) in [5, 5.41) is 0. The van der Waals surface area contributed by atoms with Gasteiger partial charge in [-0.2, -0.15) is 0 Å². The standard InChI is InChI=1S/C13H13NO4/c15-5-9-4-11-12(14(9)8-16)2-1-3-13(11)18-7-10-6-17-10/h1-3,5,8-10H,4,6-7H2. The molecular weight excluding hydrogens is 234 g/mol. The summed E-state index contributed by atoms with van der Waals surface area (Å²) in [6.45, 7) is 1.26. The van der Waals surface area contributed by atoms with Crippen LogP contribution in [0, 0.1) is 0 Å². The van der Waals surface area contributed by atoms with Crippen molar-refractivity contribution in [2.75, 3.05) is 18.1 Å². The number of fused-ring (bicyclic) bond motifs is 1. The van der Waals surface area contributed by atoms with Crippen molar-refractivity contribution in [3.8, 4) is 5.75 Å². The summed E-state index contributed by atoms with van der Waals surface area (Å²) >= 11 is 0. The van der Waals surface area contributed by atoms with Crippen LogP contribution >= 0.6 is 0 Å². The van der Waals surface area contributed by atoms with Crippen molar-refractivity contribution >= 4 is 18.4 Å². The molecule has 5 heteroatoms. The fourth-order valence-electron chi connectivity index (χ4n) is 2.22. The summed E-state index contributed by atoms with van der Waals surface area (Å²) in [7, 11) is 0. The Morgan fingerprint density at radius 2 is 2.28 bits per heavy atom. The van der Waals surface area contributed by atoms with Gasteiger partial charge in [0.05, 0.1) is 18.3 Å². The number of ether oxygens (including phenoxy) is 2. The number of hydrogen-bond donors (Lipinski definition) is 0. The van der Waals surface area contributed by atoms with Crippen LogP contribution in [0.4, 0.5) is 5.69 Å². The average Bonchev–Trinajstić information content (AvgIpc) is 3.15. The number of carbonyl (C=O) groups is 2. The lowest BCUT2D eigenvalue weighted by Crippen LogP contribution is -2.31. The van der Waals surface area contributed by atoms with Crippen LogP contribution in [0.25, 0.3) is 0 Å². The Hall–Kier alpha value is -1.88. The zero-order valence-electron chi connectivity index (χ0n) is 9.74. The molecule has 3 rings (SSSR count). The molecule has 2 atom stereocenters. The van der Waals surface area contributed by atoms with Crippen LogP contribution < -0.4 is 9.64 Å². The maximum Gasteiger partial charge on any atom is 0.214 e. The van der Waals surface area contributed by atoms with Gasteiger partial charge < -0.3 is 19.2 Å². The quantitative estimate of drug-likeness (QED) is 0.563. The molecule has 2 heterocycles. The minimum absolute atomic E-state index is 0.186. The Labute approximate surface area is 104 Å². The molecule has 2 aliphatic rings. The van der Waals surface area contributed by atoms with Gasteiger partial charge in [-0.25, -0.2) is 0 Å². The number of hydrogen-bond acceptors (Lipinski definition) is 4. The van der Waals surface area contributed by atoms with Crippen molar-refractivity contribution in [1.29, 1.82) is 0 Å². The summed E-state index contributed by atoms with van der Waals surface area (Å²) in [6.07, 6.45) is 2.19. The van der Waals surface area contributed by atoms with E-state index >= 15 is 0 Å². The third-order valence-electron chi connectivity index (χ3n) is 3.25. The highest BCUT2D eigenvalue weighted by atomic mass is 16.6. The number of anilines is 1. The molecule has 0 spiro atoms. The van der Waals surface area contributed by atoms with E-state index < -0.39 is 6.04 Å². The molecule has 1 fully saturated rings. The van der Waals surface area contributed by atoms with E-state index in [-0.39, 0.29) is 6.10 Å². The lowest BCUT2D eigenvalue weighted by Gasteiger charge is -2.15. The second-order valence-corrected chi connectivity index (χ2v) is 4.44. The third-order valence-corrected chi connectivity index (χ3v) is 3.25. The van der Waals surface area contributed by atoms with Gasteiger partial charge >= 0.3 is 0 Å². The second-order valence-electron chi connectivity index (χ2n) is 4.44. The van der Waals surface area contributed by atoms with E-state index in [2.05, 4.69) is 0 Å². The fourth-order valence-corrected chi connectivity index (χ4v) is 2.22. The molecule has 18 heavy (non-hydrogen) atoms. The average molecular weight is 247 g/mol. The number of rotatable bonds is 5. The van der Waals surface area contributed by atoms with Crippen molar-refractivity contribution in [1.82, 2.24) is 0 Å². The van der Waals surface area contributed by atoms with Gasteiger partial charge in [-0.05, 0) is 12.1 Å². The Morgan fingerprint density at radius 1 is 1.44 bits per heavy atom. The van der Waals surface area contributed by atoms with Crippen LogP contribution in [0.1, 0.15) is 5.56 Å². The van der Waals surface area contributed by atoms with E-state index in [1.165, 1.54) is 4.90 Å². The molecule has 0 radical (unpaired) electrons. The number of epoxide rings is 1. The summed E-state index contributed by atoms with van der Waals surface area (Å²) in [5.41, 5.74) is 1.68. The summed E-state index contributed by atoms with van der Waals surface area (Å²) in [4.78, 5) is 23.5. The van der Waals surface area contributed by atoms with Gasteiger partial charge in [-0.3, -0.25) is 4.79 Å². The van der Waals surface area contributed by atoms with Crippen LogP contribution in [-0.4, -0.2) is 38.1 Å². The zero-order valence-corrected chi connectivity index (χ0v) is 9.74. The fraction of sp³-hybridized carbons (Fsp3) is 0.385. The van der Waals surface area contributed by atoms with E-state index in [0.29, 0.717) is 19.4 Å². The highest BCUT2D eigenvalue weighted by Crippen LogP contribution is 2.37. The smallest absolute Gasteiger partial charge is 0.214 e. The van der Waals surface area contributed by atoms with E-state index in [0.717, 1.165) is 29.9 Å². The molecule has 2 aliphatic heterocycles. The van der Waals surface area contributed by atoms with Crippen LogP contribution in [0.15, 0.2) is 18.2 Å². The van der Waals surface area contributed by atoms with Crippen LogP contribution in [0.2, 0.25) is 0 Å². The molecule has 0 saturated carbocycles. The number of amides is 1. The first kappa shape index (κ1) is 11.2. The number of nitrogens with zero attached hydrogens (tertiary/aromatic N) is 1. The van der Waals surface area contributed by atoms with Crippen molar-refractivity contribution in [2.24, 2.45) is 0 Å². The van der Waals surface area contributed by atoms with E-state index in [1.54, 1.807) is 0 Å². The van der Waals surface area contributed by atoms with Crippen molar-refractivity contribution < 1.29 is 19.1 Å². The van der Waals surface area contributed by atoms with E-state index in [9.17, 15) is 9.59 Å².